The van der Waals surface area contributed by atoms with Crippen molar-refractivity contribution in [3.05, 3.63) is 66.0 Å². The van der Waals surface area contributed by atoms with Crippen LogP contribution in [-0.4, -0.2) is 24.0 Å². The minimum Gasteiger partial charge on any atom is -0.489 e. The van der Waals surface area contributed by atoms with Crippen LogP contribution in [0.5, 0.6) is 11.5 Å². The van der Waals surface area contributed by atoms with E-state index in [-0.39, 0.29) is 12.5 Å². The quantitative estimate of drug-likeness (QED) is 0.751. The zero-order chi connectivity index (χ0) is 17.6. The highest BCUT2D eigenvalue weighted by atomic mass is 16.5. The van der Waals surface area contributed by atoms with E-state index < -0.39 is 0 Å². The van der Waals surface area contributed by atoms with Gasteiger partial charge < -0.3 is 19.2 Å². The van der Waals surface area contributed by atoms with Gasteiger partial charge in [-0.2, -0.15) is 5.26 Å². The Morgan fingerprint density at radius 3 is 2.56 bits per heavy atom. The summed E-state index contributed by atoms with van der Waals surface area (Å²) in [6.45, 7) is 0.266. The summed E-state index contributed by atoms with van der Waals surface area (Å²) in [5.41, 5.74) is 2.31. The first-order valence-electron chi connectivity index (χ1n) is 7.76. The van der Waals surface area contributed by atoms with Gasteiger partial charge in [0, 0.05) is 25.0 Å². The molecule has 6 heteroatoms. The van der Waals surface area contributed by atoms with Crippen LogP contribution in [0.4, 0.5) is 0 Å². The first-order valence-corrected chi connectivity index (χ1v) is 7.76. The molecule has 1 aromatic carbocycles. The normalized spacial score (nSPS) is 10.2. The van der Waals surface area contributed by atoms with Gasteiger partial charge in [-0.3, -0.25) is 4.79 Å². The summed E-state index contributed by atoms with van der Waals surface area (Å²) in [6.07, 6.45) is 3.80. The Bertz CT molecular complexity index is 923. The Labute approximate surface area is 145 Å². The molecule has 0 bridgehead atoms. The second-order valence-corrected chi connectivity index (χ2v) is 5.36. The lowest BCUT2D eigenvalue weighted by Crippen LogP contribution is -2.24. The van der Waals surface area contributed by atoms with Gasteiger partial charge >= 0.3 is 0 Å². The molecule has 6 nitrogen and oxygen atoms in total. The smallest absolute Gasteiger partial charge is 0.257 e. The maximum Gasteiger partial charge on any atom is 0.257 e. The lowest BCUT2D eigenvalue weighted by atomic mass is 10.2. The maximum atomic E-state index is 11.2. The third-order valence-corrected chi connectivity index (χ3v) is 3.74. The van der Waals surface area contributed by atoms with Gasteiger partial charge in [0.05, 0.1) is 11.1 Å². The average molecular weight is 335 g/mol. The van der Waals surface area contributed by atoms with Crippen LogP contribution in [0.15, 0.2) is 54.9 Å². The molecule has 2 aromatic heterocycles. The molecule has 3 rings (SSSR count). The number of benzene rings is 1. The highest BCUT2D eigenvalue weighted by molar-refractivity contribution is 5.77. The van der Waals surface area contributed by atoms with Gasteiger partial charge in [-0.1, -0.05) is 6.07 Å². The zero-order valence-corrected chi connectivity index (χ0v) is 13.7. The van der Waals surface area contributed by atoms with Gasteiger partial charge in [-0.05, 0) is 36.4 Å². The van der Waals surface area contributed by atoms with Crippen molar-refractivity contribution in [1.82, 2.24) is 9.72 Å². The third kappa shape index (κ3) is 3.72. The molecule has 0 saturated heterocycles. The van der Waals surface area contributed by atoms with Gasteiger partial charge in [0.25, 0.3) is 5.91 Å². The van der Waals surface area contributed by atoms with Crippen LogP contribution in [0.1, 0.15) is 11.1 Å². The summed E-state index contributed by atoms with van der Waals surface area (Å²) in [5.74, 6) is 1.06. The number of nitrogens with one attached hydrogen (secondary N) is 1. The SMILES string of the molecule is CNC(=O)COc1ccc(OCc2cn3ccccc3c2C#N)cc1. The van der Waals surface area contributed by atoms with Crippen molar-refractivity contribution in [3.63, 3.8) is 0 Å². The number of nitrogens with zero attached hydrogens (tertiary/aromatic N) is 2. The van der Waals surface area contributed by atoms with Crippen LogP contribution >= 0.6 is 0 Å². The highest BCUT2D eigenvalue weighted by Gasteiger charge is 2.10. The zero-order valence-electron chi connectivity index (χ0n) is 13.7. The molecule has 126 valence electrons. The second kappa shape index (κ2) is 7.41. The van der Waals surface area contributed by atoms with Crippen molar-refractivity contribution in [2.75, 3.05) is 13.7 Å². The van der Waals surface area contributed by atoms with Gasteiger partial charge in [0.2, 0.25) is 0 Å². The van der Waals surface area contributed by atoms with Gasteiger partial charge in [-0.25, -0.2) is 0 Å². The molecule has 0 saturated carbocycles. The summed E-state index contributed by atoms with van der Waals surface area (Å²) in [7, 11) is 1.56. The summed E-state index contributed by atoms with van der Waals surface area (Å²) in [5, 5.41) is 11.9. The van der Waals surface area contributed by atoms with E-state index in [0.717, 1.165) is 11.1 Å². The summed E-state index contributed by atoms with van der Waals surface area (Å²) >= 11 is 0. The lowest BCUT2D eigenvalue weighted by molar-refractivity contribution is -0.122. The van der Waals surface area contributed by atoms with Gasteiger partial charge in [0.1, 0.15) is 24.2 Å². The number of rotatable bonds is 6. The van der Waals surface area contributed by atoms with E-state index in [4.69, 9.17) is 9.47 Å². The van der Waals surface area contributed by atoms with Crippen molar-refractivity contribution in [2.24, 2.45) is 0 Å². The van der Waals surface area contributed by atoms with Crippen molar-refractivity contribution < 1.29 is 14.3 Å². The second-order valence-electron chi connectivity index (χ2n) is 5.36. The topological polar surface area (TPSA) is 75.8 Å². The Kier molecular flexibility index (Phi) is 4.86. The van der Waals surface area contributed by atoms with Crippen LogP contribution < -0.4 is 14.8 Å². The minimum atomic E-state index is -0.190. The maximum absolute atomic E-state index is 11.2. The van der Waals surface area contributed by atoms with Crippen LogP contribution in [0.2, 0.25) is 0 Å². The molecule has 25 heavy (non-hydrogen) atoms. The molecule has 0 aliphatic rings. The molecule has 1 N–H and O–H groups in total. The van der Waals surface area contributed by atoms with Gasteiger partial charge in [0.15, 0.2) is 6.61 Å². The van der Waals surface area contributed by atoms with Crippen molar-refractivity contribution in [2.45, 2.75) is 6.61 Å². The predicted octanol–water partition coefficient (Wildman–Crippen LogP) is 2.51. The van der Waals surface area contributed by atoms with Crippen molar-refractivity contribution >= 4 is 11.4 Å². The summed E-state index contributed by atoms with van der Waals surface area (Å²) in [4.78, 5) is 11.2. The predicted molar refractivity (Wildman–Crippen MR) is 92.4 cm³/mol. The van der Waals surface area contributed by atoms with E-state index >= 15 is 0 Å². The van der Waals surface area contributed by atoms with E-state index in [1.165, 1.54) is 0 Å². The van der Waals surface area contributed by atoms with E-state index in [9.17, 15) is 10.1 Å². The minimum absolute atomic E-state index is 0.0282. The molecule has 0 fully saturated rings. The average Bonchev–Trinajstić information content (AvgIpc) is 3.02. The van der Waals surface area contributed by atoms with Crippen LogP contribution in [0.3, 0.4) is 0 Å². The third-order valence-electron chi connectivity index (χ3n) is 3.74. The Morgan fingerprint density at radius 2 is 1.88 bits per heavy atom. The Morgan fingerprint density at radius 1 is 1.16 bits per heavy atom. The molecule has 0 aliphatic heterocycles. The molecule has 0 aliphatic carbocycles. The Balaban J connectivity index is 1.66. The summed E-state index contributed by atoms with van der Waals surface area (Å²) < 4.78 is 13.0. The van der Waals surface area contributed by atoms with Crippen LogP contribution in [-0.2, 0) is 11.4 Å². The molecule has 1 amide bonds. The molecule has 0 unspecified atom stereocenters. The number of carbonyl (C=O) groups is 1. The number of ether oxygens (including phenoxy) is 2. The monoisotopic (exact) mass is 335 g/mol. The number of fused-ring (bicyclic) bond motifs is 1. The van der Waals surface area contributed by atoms with E-state index in [1.807, 2.05) is 35.0 Å². The molecule has 0 radical (unpaired) electrons. The molecular weight excluding hydrogens is 318 g/mol. The molecular formula is C19H17N3O3. The number of aromatic nitrogens is 1. The van der Waals surface area contributed by atoms with Crippen molar-refractivity contribution in [3.8, 4) is 17.6 Å². The van der Waals surface area contributed by atoms with Crippen LogP contribution in [0, 0.1) is 11.3 Å². The molecule has 2 heterocycles. The Hall–Kier alpha value is -3.46. The van der Waals surface area contributed by atoms with Crippen LogP contribution in [0.25, 0.3) is 5.52 Å². The van der Waals surface area contributed by atoms with E-state index in [1.54, 1.807) is 31.3 Å². The van der Waals surface area contributed by atoms with E-state index in [2.05, 4.69) is 11.4 Å². The first kappa shape index (κ1) is 16.4. The van der Waals surface area contributed by atoms with Gasteiger partial charge in [-0.15, -0.1) is 0 Å². The van der Waals surface area contributed by atoms with Crippen molar-refractivity contribution in [1.29, 1.82) is 5.26 Å². The molecule has 0 spiro atoms. The number of likely N-dealkylation sites (N-methyl/N-ethyl adjacent to an activating group) is 1. The lowest BCUT2D eigenvalue weighted by Gasteiger charge is -2.08. The fourth-order valence-corrected chi connectivity index (χ4v) is 2.43. The number of carbonyl (C=O) groups excluding carboxylic acids is 1. The standard InChI is InChI=1S/C19H17N3O3/c1-21-19(23)13-25-16-7-5-15(6-8-16)24-12-14-11-22-9-3-2-4-18(22)17(14)10-20/h2-9,11H,12-13H2,1H3,(H,21,23). The summed E-state index contributed by atoms with van der Waals surface area (Å²) in [6, 6.07) is 15.0. The molecule has 0 atom stereocenters. The first-order chi connectivity index (χ1) is 12.2. The fourth-order valence-electron chi connectivity index (χ4n) is 2.43. The number of hydrogen-bond donors (Lipinski definition) is 1. The number of amides is 1. The van der Waals surface area contributed by atoms with E-state index in [0.29, 0.717) is 23.7 Å². The molecule has 3 aromatic rings. The number of nitriles is 1. The number of hydrogen-bond acceptors (Lipinski definition) is 4. The number of pyridine rings is 1. The highest BCUT2D eigenvalue weighted by Crippen LogP contribution is 2.22. The largest absolute Gasteiger partial charge is 0.489 e. The fraction of sp³-hybridized carbons (Fsp3) is 0.158.